The van der Waals surface area contributed by atoms with Gasteiger partial charge in [-0.3, -0.25) is 20.2 Å². The standard InChI is InChI=1S/C11H11Br2N3O4S/c1-4-5(2)6-7(12)10(15(17)18)11(16(19)20)8(13)9(6)14-21-3/h4H2,1-3H3/b6-5+,14-9+. The second kappa shape index (κ2) is 7.32. The van der Waals surface area contributed by atoms with Crippen molar-refractivity contribution in [1.29, 1.82) is 0 Å². The number of nitro groups is 2. The number of halogens is 2. The third-order valence-electron chi connectivity index (χ3n) is 2.81. The van der Waals surface area contributed by atoms with Gasteiger partial charge in [-0.25, -0.2) is 4.40 Å². The summed E-state index contributed by atoms with van der Waals surface area (Å²) in [6.45, 7) is 3.70. The Morgan fingerprint density at radius 3 is 2.05 bits per heavy atom. The zero-order chi connectivity index (χ0) is 16.3. The number of allylic oxidation sites excluding steroid dienone is 4. The van der Waals surface area contributed by atoms with Crippen LogP contribution in [-0.2, 0) is 0 Å². The molecule has 0 aromatic rings. The molecule has 114 valence electrons. The fourth-order valence-electron chi connectivity index (χ4n) is 1.73. The minimum atomic E-state index is -0.780. The Bertz CT molecular complexity index is 637. The molecule has 21 heavy (non-hydrogen) atoms. The van der Waals surface area contributed by atoms with Crippen molar-refractivity contribution in [3.63, 3.8) is 0 Å². The molecule has 0 aromatic carbocycles. The Kier molecular flexibility index (Phi) is 6.29. The lowest BCUT2D eigenvalue weighted by atomic mass is 9.96. The summed E-state index contributed by atoms with van der Waals surface area (Å²) in [4.78, 5) is 20.9. The van der Waals surface area contributed by atoms with Gasteiger partial charge in [0.05, 0.1) is 9.85 Å². The molecule has 7 nitrogen and oxygen atoms in total. The predicted octanol–water partition coefficient (Wildman–Crippen LogP) is 4.21. The summed E-state index contributed by atoms with van der Waals surface area (Å²) in [6, 6.07) is 0. The van der Waals surface area contributed by atoms with Crippen molar-refractivity contribution < 1.29 is 9.85 Å². The van der Waals surface area contributed by atoms with Crippen LogP contribution in [0.2, 0.25) is 0 Å². The van der Waals surface area contributed by atoms with E-state index in [0.717, 1.165) is 17.5 Å². The second-order valence-electron chi connectivity index (χ2n) is 3.97. The van der Waals surface area contributed by atoms with Gasteiger partial charge in [0.2, 0.25) is 0 Å². The highest BCUT2D eigenvalue weighted by molar-refractivity contribution is 9.12. The van der Waals surface area contributed by atoms with Crippen molar-refractivity contribution in [1.82, 2.24) is 0 Å². The molecule has 0 spiro atoms. The summed E-state index contributed by atoms with van der Waals surface area (Å²) in [5.74, 6) is 0. The first-order valence-corrected chi connectivity index (χ1v) is 8.45. The quantitative estimate of drug-likeness (QED) is 0.370. The van der Waals surface area contributed by atoms with Gasteiger partial charge < -0.3 is 0 Å². The SMILES string of the molecule is CC/C(C)=C1\C(Br)=C([N+](=O)[O-])C([N+](=O)[O-])=C(Br)\C1=N\SC. The molecule has 0 saturated heterocycles. The lowest BCUT2D eigenvalue weighted by Gasteiger charge is -2.17. The summed E-state index contributed by atoms with van der Waals surface area (Å²) < 4.78 is 4.26. The molecular formula is C11H11Br2N3O4S. The number of nitrogens with zero attached hydrogens (tertiary/aromatic N) is 3. The second-order valence-corrected chi connectivity index (χ2v) is 6.10. The molecule has 0 amide bonds. The van der Waals surface area contributed by atoms with Gasteiger partial charge in [0, 0.05) is 11.8 Å². The molecule has 0 bridgehead atoms. The fourth-order valence-corrected chi connectivity index (χ4v) is 3.69. The van der Waals surface area contributed by atoms with Crippen LogP contribution in [0, 0.1) is 20.2 Å². The average Bonchev–Trinajstić information content (AvgIpc) is 2.40. The first kappa shape index (κ1) is 18.1. The van der Waals surface area contributed by atoms with Gasteiger partial charge in [-0.1, -0.05) is 12.5 Å². The third kappa shape index (κ3) is 3.43. The van der Waals surface area contributed by atoms with E-state index in [1.54, 1.807) is 13.2 Å². The molecule has 0 aromatic heterocycles. The first-order chi connectivity index (χ1) is 9.77. The van der Waals surface area contributed by atoms with E-state index in [2.05, 4.69) is 36.3 Å². The largest absolute Gasteiger partial charge is 0.363 e. The Labute approximate surface area is 142 Å². The van der Waals surface area contributed by atoms with Crippen molar-refractivity contribution in [3.05, 3.63) is 51.7 Å². The molecule has 0 radical (unpaired) electrons. The Hall–Kier alpha value is -1.000. The zero-order valence-corrected chi connectivity index (χ0v) is 15.3. The molecule has 1 aliphatic carbocycles. The van der Waals surface area contributed by atoms with Crippen molar-refractivity contribution in [3.8, 4) is 0 Å². The van der Waals surface area contributed by atoms with Gasteiger partial charge >= 0.3 is 11.4 Å². The van der Waals surface area contributed by atoms with Crippen LogP contribution in [-0.4, -0.2) is 21.8 Å². The van der Waals surface area contributed by atoms with E-state index in [0.29, 0.717) is 17.7 Å². The number of rotatable bonds is 4. The number of hydrogen-bond donors (Lipinski definition) is 0. The molecule has 10 heteroatoms. The van der Waals surface area contributed by atoms with Gasteiger partial charge in [0.15, 0.2) is 0 Å². The summed E-state index contributed by atoms with van der Waals surface area (Å²) in [5.41, 5.74) is 0.498. The van der Waals surface area contributed by atoms with Crippen LogP contribution in [0.1, 0.15) is 20.3 Å². The Morgan fingerprint density at radius 1 is 1.19 bits per heavy atom. The van der Waals surface area contributed by atoms with E-state index in [1.165, 1.54) is 0 Å². The molecule has 0 atom stereocenters. The maximum Gasteiger partial charge on any atom is 0.363 e. The van der Waals surface area contributed by atoms with Crippen LogP contribution in [0.4, 0.5) is 0 Å². The highest BCUT2D eigenvalue weighted by Crippen LogP contribution is 2.41. The van der Waals surface area contributed by atoms with E-state index in [-0.39, 0.29) is 8.96 Å². The fraction of sp³-hybridized carbons (Fsp3) is 0.364. The van der Waals surface area contributed by atoms with Crippen molar-refractivity contribution in [2.75, 3.05) is 6.26 Å². The molecule has 1 aliphatic rings. The third-order valence-corrected chi connectivity index (χ3v) is 4.70. The summed E-state index contributed by atoms with van der Waals surface area (Å²) in [7, 11) is 0. The topological polar surface area (TPSA) is 98.6 Å². The zero-order valence-electron chi connectivity index (χ0n) is 11.3. The van der Waals surface area contributed by atoms with Gasteiger partial charge in [0.25, 0.3) is 0 Å². The van der Waals surface area contributed by atoms with Crippen LogP contribution < -0.4 is 0 Å². The highest BCUT2D eigenvalue weighted by atomic mass is 79.9. The molecule has 0 unspecified atom stereocenters. The van der Waals surface area contributed by atoms with Gasteiger partial charge in [0.1, 0.15) is 14.7 Å². The Morgan fingerprint density at radius 2 is 1.67 bits per heavy atom. The molecule has 0 aliphatic heterocycles. The van der Waals surface area contributed by atoms with Crippen LogP contribution in [0.3, 0.4) is 0 Å². The van der Waals surface area contributed by atoms with E-state index in [1.807, 2.05) is 6.92 Å². The van der Waals surface area contributed by atoms with Crippen molar-refractivity contribution >= 4 is 49.5 Å². The molecule has 0 N–H and O–H groups in total. The molecule has 0 heterocycles. The minimum absolute atomic E-state index is 0.0135. The van der Waals surface area contributed by atoms with E-state index >= 15 is 0 Å². The van der Waals surface area contributed by atoms with Crippen molar-refractivity contribution in [2.24, 2.45) is 4.40 Å². The summed E-state index contributed by atoms with van der Waals surface area (Å²) in [6.07, 6.45) is 2.34. The van der Waals surface area contributed by atoms with Gasteiger partial charge in [-0.2, -0.15) is 0 Å². The predicted molar refractivity (Wildman–Crippen MR) is 89.8 cm³/mol. The molecule has 1 rings (SSSR count). The molecule has 0 saturated carbocycles. The smallest absolute Gasteiger partial charge is 0.258 e. The first-order valence-electron chi connectivity index (χ1n) is 5.68. The molecule has 0 fully saturated rings. The maximum atomic E-state index is 11.2. The monoisotopic (exact) mass is 439 g/mol. The van der Waals surface area contributed by atoms with Crippen LogP contribution in [0.25, 0.3) is 0 Å². The van der Waals surface area contributed by atoms with E-state index in [9.17, 15) is 20.2 Å². The van der Waals surface area contributed by atoms with Crippen LogP contribution >= 0.6 is 43.8 Å². The molecular weight excluding hydrogens is 430 g/mol. The highest BCUT2D eigenvalue weighted by Gasteiger charge is 2.44. The van der Waals surface area contributed by atoms with E-state index < -0.39 is 21.2 Å². The lowest BCUT2D eigenvalue weighted by molar-refractivity contribution is -0.479. The van der Waals surface area contributed by atoms with Gasteiger partial charge in [-0.05, 0) is 57.2 Å². The normalized spacial score (nSPS) is 20.1. The van der Waals surface area contributed by atoms with Crippen molar-refractivity contribution in [2.45, 2.75) is 20.3 Å². The van der Waals surface area contributed by atoms with E-state index in [4.69, 9.17) is 0 Å². The minimum Gasteiger partial charge on any atom is -0.258 e. The summed E-state index contributed by atoms with van der Waals surface area (Å²) in [5, 5.41) is 22.4. The Balaban J connectivity index is 3.87. The maximum absolute atomic E-state index is 11.2. The lowest BCUT2D eigenvalue weighted by Crippen LogP contribution is -2.23. The van der Waals surface area contributed by atoms with Crippen LogP contribution in [0.15, 0.2) is 35.9 Å². The summed E-state index contributed by atoms with van der Waals surface area (Å²) >= 11 is 7.36. The number of hydrogen-bond acceptors (Lipinski definition) is 6. The van der Waals surface area contributed by atoms with Gasteiger partial charge in [-0.15, -0.1) is 0 Å². The van der Waals surface area contributed by atoms with Crippen LogP contribution in [0.5, 0.6) is 0 Å². The average molecular weight is 441 g/mol.